The van der Waals surface area contributed by atoms with Crippen molar-refractivity contribution in [2.45, 2.75) is 50.4 Å². The lowest BCUT2D eigenvalue weighted by Crippen LogP contribution is -2.43. The fourth-order valence-corrected chi connectivity index (χ4v) is 1.96. The average molecular weight is 185 g/mol. The van der Waals surface area contributed by atoms with Crippen molar-refractivity contribution in [2.24, 2.45) is 0 Å². The van der Waals surface area contributed by atoms with Gasteiger partial charge in [0, 0.05) is 19.0 Å². The summed E-state index contributed by atoms with van der Waals surface area (Å²) in [6.45, 7) is 5.34. The molecule has 13 heavy (non-hydrogen) atoms. The fraction of sp³-hybridized carbons (Fsp3) is 1.00. The van der Waals surface area contributed by atoms with Crippen LogP contribution in [0.1, 0.15) is 33.1 Å². The summed E-state index contributed by atoms with van der Waals surface area (Å²) in [5, 5.41) is 13.4. The van der Waals surface area contributed by atoms with Crippen molar-refractivity contribution in [1.29, 1.82) is 0 Å². The third-order valence-electron chi connectivity index (χ3n) is 2.95. The smallest absolute Gasteiger partial charge is 0.103 e. The molecule has 1 aliphatic heterocycles. The van der Waals surface area contributed by atoms with E-state index in [1.807, 2.05) is 0 Å². The Morgan fingerprint density at radius 3 is 2.62 bits per heavy atom. The standard InChI is InChI=1S/C10H19NO2/c1-8(2)11-6-9(12)5-10(3-4-10)13-7-9/h8,11-12H,3-7H2,1-2H3. The second-order valence-corrected chi connectivity index (χ2v) is 4.91. The van der Waals surface area contributed by atoms with Crippen molar-refractivity contribution in [1.82, 2.24) is 5.32 Å². The predicted molar refractivity (Wildman–Crippen MR) is 50.6 cm³/mol. The average Bonchev–Trinajstić information content (AvgIpc) is 2.70. The first-order valence-corrected chi connectivity index (χ1v) is 5.13. The molecular formula is C10H19NO2. The van der Waals surface area contributed by atoms with E-state index in [0.29, 0.717) is 19.2 Å². The molecule has 3 heteroatoms. The zero-order valence-electron chi connectivity index (χ0n) is 8.47. The molecule has 2 N–H and O–H groups in total. The first kappa shape index (κ1) is 9.44. The third kappa shape index (κ3) is 2.03. The Labute approximate surface area is 79.5 Å². The normalized spacial score (nSPS) is 36.0. The Kier molecular flexibility index (Phi) is 2.13. The van der Waals surface area contributed by atoms with E-state index in [4.69, 9.17) is 4.74 Å². The minimum absolute atomic E-state index is 0.0768. The predicted octanol–water partition coefficient (Wildman–Crippen LogP) is 0.668. The summed E-state index contributed by atoms with van der Waals surface area (Å²) < 4.78 is 5.61. The second-order valence-electron chi connectivity index (χ2n) is 4.91. The maximum atomic E-state index is 10.1. The summed E-state index contributed by atoms with van der Waals surface area (Å²) in [6.07, 6.45) is 3.09. The topological polar surface area (TPSA) is 41.5 Å². The maximum absolute atomic E-state index is 10.1. The zero-order chi connectivity index (χ0) is 9.53. The van der Waals surface area contributed by atoms with Crippen LogP contribution >= 0.6 is 0 Å². The lowest BCUT2D eigenvalue weighted by molar-refractivity contribution is 0.0181. The number of hydrogen-bond acceptors (Lipinski definition) is 3. The molecule has 1 aliphatic carbocycles. The van der Waals surface area contributed by atoms with Gasteiger partial charge >= 0.3 is 0 Å². The fourth-order valence-electron chi connectivity index (χ4n) is 1.96. The van der Waals surface area contributed by atoms with E-state index in [1.165, 1.54) is 0 Å². The highest BCUT2D eigenvalue weighted by Gasteiger charge is 2.55. The Morgan fingerprint density at radius 1 is 1.46 bits per heavy atom. The number of ether oxygens (including phenoxy) is 1. The van der Waals surface area contributed by atoms with Gasteiger partial charge in [0.15, 0.2) is 0 Å². The molecule has 2 fully saturated rings. The molecule has 1 heterocycles. The Hall–Kier alpha value is -0.120. The highest BCUT2D eigenvalue weighted by Crippen LogP contribution is 2.50. The van der Waals surface area contributed by atoms with Gasteiger partial charge in [-0.25, -0.2) is 0 Å². The highest BCUT2D eigenvalue weighted by molar-refractivity contribution is 5.07. The minimum atomic E-state index is -0.610. The van der Waals surface area contributed by atoms with Gasteiger partial charge in [-0.2, -0.15) is 0 Å². The van der Waals surface area contributed by atoms with Crippen molar-refractivity contribution in [3.8, 4) is 0 Å². The van der Waals surface area contributed by atoms with Crippen molar-refractivity contribution >= 4 is 0 Å². The largest absolute Gasteiger partial charge is 0.386 e. The van der Waals surface area contributed by atoms with Crippen LogP contribution in [0.5, 0.6) is 0 Å². The molecule has 0 aromatic rings. The third-order valence-corrected chi connectivity index (χ3v) is 2.95. The van der Waals surface area contributed by atoms with E-state index < -0.39 is 5.60 Å². The van der Waals surface area contributed by atoms with Crippen LogP contribution in [0.15, 0.2) is 0 Å². The minimum Gasteiger partial charge on any atom is -0.386 e. The molecule has 76 valence electrons. The molecule has 0 aromatic heterocycles. The van der Waals surface area contributed by atoms with Gasteiger partial charge in [-0.3, -0.25) is 0 Å². The van der Waals surface area contributed by atoms with Gasteiger partial charge in [-0.1, -0.05) is 13.8 Å². The van der Waals surface area contributed by atoms with Crippen LogP contribution in [0.4, 0.5) is 0 Å². The highest BCUT2D eigenvalue weighted by atomic mass is 16.5. The first-order chi connectivity index (χ1) is 6.04. The van der Waals surface area contributed by atoms with Crippen molar-refractivity contribution in [2.75, 3.05) is 13.2 Å². The van der Waals surface area contributed by atoms with Gasteiger partial charge in [0.1, 0.15) is 5.60 Å². The SMILES string of the molecule is CC(C)NCC1(O)COC2(CC2)C1. The van der Waals surface area contributed by atoms with Gasteiger partial charge < -0.3 is 15.2 Å². The second kappa shape index (κ2) is 2.94. The van der Waals surface area contributed by atoms with E-state index in [9.17, 15) is 5.11 Å². The van der Waals surface area contributed by atoms with Gasteiger partial charge in [-0.05, 0) is 12.8 Å². The molecular weight excluding hydrogens is 166 g/mol. The van der Waals surface area contributed by atoms with Gasteiger partial charge in [0.05, 0.1) is 12.2 Å². The van der Waals surface area contributed by atoms with Crippen LogP contribution in [-0.4, -0.2) is 35.5 Å². The van der Waals surface area contributed by atoms with Crippen LogP contribution in [0.25, 0.3) is 0 Å². The van der Waals surface area contributed by atoms with Crippen LogP contribution in [0, 0.1) is 0 Å². The molecule has 0 bridgehead atoms. The van der Waals surface area contributed by atoms with Gasteiger partial charge in [-0.15, -0.1) is 0 Å². The summed E-state index contributed by atoms with van der Waals surface area (Å²) >= 11 is 0. The molecule has 1 unspecified atom stereocenters. The monoisotopic (exact) mass is 185 g/mol. The van der Waals surface area contributed by atoms with Crippen LogP contribution < -0.4 is 5.32 Å². The number of rotatable bonds is 3. The summed E-state index contributed by atoms with van der Waals surface area (Å²) in [5.74, 6) is 0. The van der Waals surface area contributed by atoms with Crippen LogP contribution in [-0.2, 0) is 4.74 Å². The van der Waals surface area contributed by atoms with Crippen LogP contribution in [0.3, 0.4) is 0 Å². The van der Waals surface area contributed by atoms with Gasteiger partial charge in [0.25, 0.3) is 0 Å². The molecule has 1 saturated carbocycles. The Bertz CT molecular complexity index is 201. The molecule has 2 aliphatic rings. The van der Waals surface area contributed by atoms with Crippen molar-refractivity contribution in [3.05, 3.63) is 0 Å². The zero-order valence-corrected chi connectivity index (χ0v) is 8.47. The van der Waals surface area contributed by atoms with Crippen molar-refractivity contribution < 1.29 is 9.84 Å². The van der Waals surface area contributed by atoms with Crippen LogP contribution in [0.2, 0.25) is 0 Å². The van der Waals surface area contributed by atoms with E-state index in [0.717, 1.165) is 19.3 Å². The Morgan fingerprint density at radius 2 is 2.15 bits per heavy atom. The van der Waals surface area contributed by atoms with E-state index in [-0.39, 0.29) is 5.60 Å². The molecule has 3 nitrogen and oxygen atoms in total. The molecule has 0 amide bonds. The summed E-state index contributed by atoms with van der Waals surface area (Å²) in [6, 6.07) is 0.430. The summed E-state index contributed by atoms with van der Waals surface area (Å²) in [7, 11) is 0. The molecule has 0 aromatic carbocycles. The summed E-state index contributed by atoms with van der Waals surface area (Å²) in [5.41, 5.74) is -0.534. The number of aliphatic hydroxyl groups is 1. The van der Waals surface area contributed by atoms with E-state index >= 15 is 0 Å². The number of nitrogens with one attached hydrogen (secondary N) is 1. The molecule has 2 rings (SSSR count). The lowest BCUT2D eigenvalue weighted by Gasteiger charge is -2.22. The molecule has 1 spiro atoms. The maximum Gasteiger partial charge on any atom is 0.103 e. The molecule has 0 radical (unpaired) electrons. The molecule has 1 atom stereocenters. The lowest BCUT2D eigenvalue weighted by atomic mass is 9.99. The van der Waals surface area contributed by atoms with E-state index in [2.05, 4.69) is 19.2 Å². The Balaban J connectivity index is 1.83. The summed E-state index contributed by atoms with van der Waals surface area (Å²) in [4.78, 5) is 0. The number of hydrogen-bond donors (Lipinski definition) is 2. The van der Waals surface area contributed by atoms with Crippen molar-refractivity contribution in [3.63, 3.8) is 0 Å². The first-order valence-electron chi connectivity index (χ1n) is 5.13. The quantitative estimate of drug-likeness (QED) is 0.679. The van der Waals surface area contributed by atoms with E-state index in [1.54, 1.807) is 0 Å². The molecule has 1 saturated heterocycles. The van der Waals surface area contributed by atoms with Gasteiger partial charge in [0.2, 0.25) is 0 Å².